The van der Waals surface area contributed by atoms with Crippen molar-refractivity contribution in [1.29, 1.82) is 0 Å². The summed E-state index contributed by atoms with van der Waals surface area (Å²) in [6.45, 7) is 7.16. The maximum Gasteiger partial charge on any atom is 0.184 e. The molecule has 0 bridgehead atoms. The Labute approximate surface area is 210 Å². The monoisotopic (exact) mass is 480 g/mol. The lowest BCUT2D eigenvalue weighted by molar-refractivity contribution is 0.0919. The zero-order valence-electron chi connectivity index (χ0n) is 21.7. The fourth-order valence-electron chi connectivity index (χ4n) is 6.29. The summed E-state index contributed by atoms with van der Waals surface area (Å²) >= 11 is 0. The van der Waals surface area contributed by atoms with Crippen molar-refractivity contribution in [3.8, 4) is 0 Å². The summed E-state index contributed by atoms with van der Waals surface area (Å²) in [6, 6.07) is 4.59. The van der Waals surface area contributed by atoms with Crippen molar-refractivity contribution in [3.63, 3.8) is 0 Å². The molecular weight excluding hydrogens is 436 g/mol. The smallest absolute Gasteiger partial charge is 0.184 e. The molecule has 7 heteroatoms. The summed E-state index contributed by atoms with van der Waals surface area (Å²) in [5, 5.41) is 9.17. The molecule has 1 N–H and O–H groups in total. The van der Waals surface area contributed by atoms with Crippen LogP contribution >= 0.6 is 0 Å². The van der Waals surface area contributed by atoms with Crippen molar-refractivity contribution in [1.82, 2.24) is 24.6 Å². The predicted octanol–water partition coefficient (Wildman–Crippen LogP) is 4.87. The van der Waals surface area contributed by atoms with Gasteiger partial charge in [0.2, 0.25) is 0 Å². The highest BCUT2D eigenvalue weighted by atomic mass is 16.1. The van der Waals surface area contributed by atoms with Gasteiger partial charge in [-0.25, -0.2) is 9.67 Å². The number of nitrogens with one attached hydrogen (secondary N) is 1. The number of ketones is 1. The molecule has 0 unspecified atom stereocenters. The van der Waals surface area contributed by atoms with Gasteiger partial charge in [-0.05, 0) is 82.8 Å². The van der Waals surface area contributed by atoms with Crippen LogP contribution in [0.2, 0.25) is 0 Å². The van der Waals surface area contributed by atoms with Gasteiger partial charge in [0.15, 0.2) is 11.4 Å². The molecule has 0 amide bonds. The molecule has 3 aliphatic rings. The Morgan fingerprint density at radius 1 is 0.886 bits per heavy atom. The van der Waals surface area contributed by atoms with Crippen LogP contribution in [0.4, 0.5) is 5.82 Å². The second-order valence-corrected chi connectivity index (χ2v) is 11.2. The number of anilines is 1. The minimum atomic E-state index is 0.175. The summed E-state index contributed by atoms with van der Waals surface area (Å²) in [6.07, 6.45) is 14.6. The van der Waals surface area contributed by atoms with Crippen molar-refractivity contribution in [2.24, 2.45) is 13.0 Å². The summed E-state index contributed by atoms with van der Waals surface area (Å²) in [4.78, 5) is 23.3. The van der Waals surface area contributed by atoms with E-state index < -0.39 is 0 Å². The van der Waals surface area contributed by atoms with Crippen LogP contribution in [0.25, 0.3) is 11.0 Å². The van der Waals surface area contributed by atoms with Gasteiger partial charge in [0, 0.05) is 32.6 Å². The first kappa shape index (κ1) is 24.7. The van der Waals surface area contributed by atoms with Crippen LogP contribution < -0.4 is 5.32 Å². The number of carbonyl (C=O) groups is 1. The number of nitrogens with zero attached hydrogens (tertiary/aromatic N) is 5. The van der Waals surface area contributed by atoms with Crippen molar-refractivity contribution in [2.75, 3.05) is 44.6 Å². The molecule has 0 spiro atoms. The van der Waals surface area contributed by atoms with Gasteiger partial charge in [-0.3, -0.25) is 4.79 Å². The number of likely N-dealkylation sites (tertiary alicyclic amines) is 2. The van der Waals surface area contributed by atoms with Crippen molar-refractivity contribution < 1.29 is 4.79 Å². The fourth-order valence-corrected chi connectivity index (χ4v) is 6.29. The average molecular weight is 481 g/mol. The number of carbonyl (C=O) groups excluding carboxylic acids is 1. The number of Topliss-reactive ketones (excluding diaryl/α,β-unsaturated/α-hetero) is 1. The first-order chi connectivity index (χ1) is 17.2. The second-order valence-electron chi connectivity index (χ2n) is 11.2. The molecule has 4 heterocycles. The van der Waals surface area contributed by atoms with E-state index in [0.29, 0.717) is 24.1 Å². The normalized spacial score (nSPS) is 21.9. The van der Waals surface area contributed by atoms with Gasteiger partial charge in [-0.2, -0.15) is 5.10 Å². The number of aromatic nitrogens is 3. The molecule has 7 nitrogen and oxygen atoms in total. The third-order valence-corrected chi connectivity index (χ3v) is 8.52. The van der Waals surface area contributed by atoms with E-state index in [1.165, 1.54) is 84.0 Å². The van der Waals surface area contributed by atoms with Gasteiger partial charge >= 0.3 is 0 Å². The number of hydrogen-bond acceptors (Lipinski definition) is 6. The minimum absolute atomic E-state index is 0.175. The van der Waals surface area contributed by atoms with E-state index in [-0.39, 0.29) is 5.78 Å². The third kappa shape index (κ3) is 6.42. The number of piperidine rings is 1. The Hall–Kier alpha value is -1.99. The molecule has 1 saturated carbocycles. The lowest BCUT2D eigenvalue weighted by Crippen LogP contribution is -2.39. The van der Waals surface area contributed by atoms with Gasteiger partial charge in [-0.15, -0.1) is 0 Å². The largest absolute Gasteiger partial charge is 0.367 e. The van der Waals surface area contributed by atoms with E-state index in [2.05, 4.69) is 26.3 Å². The van der Waals surface area contributed by atoms with Crippen molar-refractivity contribution in [2.45, 2.75) is 83.1 Å². The molecule has 2 aromatic rings. The molecule has 2 saturated heterocycles. The van der Waals surface area contributed by atoms with E-state index >= 15 is 0 Å². The van der Waals surface area contributed by atoms with Crippen LogP contribution in [-0.4, -0.2) is 75.7 Å². The lowest BCUT2D eigenvalue weighted by Gasteiger charge is -2.32. The zero-order chi connectivity index (χ0) is 24.0. The van der Waals surface area contributed by atoms with E-state index in [1.54, 1.807) is 4.68 Å². The molecule has 1 aliphatic carbocycles. The second kappa shape index (κ2) is 11.8. The predicted molar refractivity (Wildman–Crippen MR) is 142 cm³/mol. The van der Waals surface area contributed by atoms with Gasteiger partial charge < -0.3 is 15.1 Å². The lowest BCUT2D eigenvalue weighted by atomic mass is 9.90. The maximum atomic E-state index is 13.3. The molecule has 0 aromatic carbocycles. The van der Waals surface area contributed by atoms with E-state index in [0.717, 1.165) is 42.8 Å². The Balaban J connectivity index is 1.15. The first-order valence-electron chi connectivity index (χ1n) is 14.2. The van der Waals surface area contributed by atoms with Gasteiger partial charge in [-0.1, -0.05) is 32.1 Å². The van der Waals surface area contributed by atoms with E-state index in [4.69, 9.17) is 4.98 Å². The Kier molecular flexibility index (Phi) is 8.35. The van der Waals surface area contributed by atoms with Gasteiger partial charge in [0.25, 0.3) is 0 Å². The Bertz CT molecular complexity index is 965. The quantitative estimate of drug-likeness (QED) is 0.544. The Morgan fingerprint density at radius 2 is 1.54 bits per heavy atom. The molecular formula is C28H44N6O. The number of aryl methyl sites for hydroxylation is 1. The van der Waals surface area contributed by atoms with Crippen molar-refractivity contribution in [3.05, 3.63) is 17.8 Å². The first-order valence-corrected chi connectivity index (χ1v) is 14.2. The van der Waals surface area contributed by atoms with E-state index in [1.807, 2.05) is 13.1 Å². The van der Waals surface area contributed by atoms with Crippen LogP contribution in [0.1, 0.15) is 87.5 Å². The molecule has 0 radical (unpaired) electrons. The summed E-state index contributed by atoms with van der Waals surface area (Å²) in [7, 11) is 1.91. The van der Waals surface area contributed by atoms with Crippen LogP contribution in [0.5, 0.6) is 0 Å². The van der Waals surface area contributed by atoms with Crippen LogP contribution in [-0.2, 0) is 7.05 Å². The average Bonchev–Trinajstić information content (AvgIpc) is 3.48. The van der Waals surface area contributed by atoms with Crippen molar-refractivity contribution >= 4 is 22.6 Å². The number of hydrogen-bond donors (Lipinski definition) is 1. The maximum absolute atomic E-state index is 13.3. The Morgan fingerprint density at radius 3 is 2.26 bits per heavy atom. The number of pyridine rings is 1. The molecule has 0 atom stereocenters. The molecule has 5 rings (SSSR count). The molecule has 192 valence electrons. The highest BCUT2D eigenvalue weighted by Gasteiger charge is 2.25. The van der Waals surface area contributed by atoms with E-state index in [9.17, 15) is 4.79 Å². The number of rotatable bonds is 8. The number of fused-ring (bicyclic) bond motifs is 1. The molecule has 2 aliphatic heterocycles. The topological polar surface area (TPSA) is 66.3 Å². The molecule has 3 fully saturated rings. The zero-order valence-corrected chi connectivity index (χ0v) is 21.7. The van der Waals surface area contributed by atoms with Crippen LogP contribution in [0, 0.1) is 5.92 Å². The highest BCUT2D eigenvalue weighted by Crippen LogP contribution is 2.27. The standard InChI is InChI=1S/C28H44N6O/c1-32-28-24(11-12-26(30-28)29-23-9-5-3-2-4-6-10-23)27(31-32)25(35)21-22-13-17-34(18-14-22)20-19-33-15-7-8-16-33/h11-12,22-23H,2-10,13-21H2,1H3,(H,29,30). The van der Waals surface area contributed by atoms with Crippen LogP contribution in [0.3, 0.4) is 0 Å². The minimum Gasteiger partial charge on any atom is -0.367 e. The van der Waals surface area contributed by atoms with Gasteiger partial charge in [0.1, 0.15) is 11.5 Å². The summed E-state index contributed by atoms with van der Waals surface area (Å²) in [5.74, 6) is 1.55. The molecule has 35 heavy (non-hydrogen) atoms. The van der Waals surface area contributed by atoms with Crippen LogP contribution in [0.15, 0.2) is 12.1 Å². The summed E-state index contributed by atoms with van der Waals surface area (Å²) in [5.41, 5.74) is 1.41. The van der Waals surface area contributed by atoms with Gasteiger partial charge in [0.05, 0.1) is 5.39 Å². The third-order valence-electron chi connectivity index (χ3n) is 8.52. The molecule has 2 aromatic heterocycles. The summed E-state index contributed by atoms with van der Waals surface area (Å²) < 4.78 is 1.78. The highest BCUT2D eigenvalue weighted by molar-refractivity contribution is 6.05. The SMILES string of the molecule is Cn1nc(C(=O)CC2CCN(CCN3CCCC3)CC2)c2ccc(NC3CCCCCCC3)nc21. The fraction of sp³-hybridized carbons (Fsp3) is 0.750.